The maximum Gasteiger partial charge on any atom is 0.433 e. The number of alkyl halides is 4. The molecule has 1 saturated heterocycles. The molecule has 10 heteroatoms. The first-order valence-corrected chi connectivity index (χ1v) is 9.64. The van der Waals surface area contributed by atoms with E-state index >= 15 is 0 Å². The molecule has 3 aromatic rings. The first-order valence-electron chi connectivity index (χ1n) is 9.64. The van der Waals surface area contributed by atoms with Crippen LogP contribution >= 0.6 is 0 Å². The van der Waals surface area contributed by atoms with E-state index in [4.69, 9.17) is 0 Å². The number of nitrogens with zero attached hydrogens (tertiary/aromatic N) is 5. The molecule has 0 aliphatic carbocycles. The van der Waals surface area contributed by atoms with Crippen molar-refractivity contribution in [2.75, 3.05) is 30.0 Å². The van der Waals surface area contributed by atoms with Gasteiger partial charge in [-0.3, -0.25) is 9.37 Å². The van der Waals surface area contributed by atoms with Crippen molar-refractivity contribution in [1.82, 2.24) is 19.9 Å². The van der Waals surface area contributed by atoms with E-state index in [1.807, 2.05) is 4.90 Å². The lowest BCUT2D eigenvalue weighted by Gasteiger charge is -2.31. The van der Waals surface area contributed by atoms with Crippen molar-refractivity contribution in [2.24, 2.45) is 5.92 Å². The minimum atomic E-state index is -4.55. The summed E-state index contributed by atoms with van der Waals surface area (Å²) >= 11 is 0. The number of nitrogens with one attached hydrogen (secondary N) is 1. The lowest BCUT2D eigenvalue weighted by molar-refractivity contribution is -0.141. The molecule has 4 rings (SSSR count). The zero-order valence-electron chi connectivity index (χ0n) is 16.0. The Labute approximate surface area is 170 Å². The average Bonchev–Trinajstić information content (AvgIpc) is 2.77. The zero-order chi connectivity index (χ0) is 21.1. The predicted octanol–water partition coefficient (Wildman–Crippen LogP) is 4.24. The van der Waals surface area contributed by atoms with Gasteiger partial charge >= 0.3 is 6.18 Å². The molecule has 0 saturated carbocycles. The van der Waals surface area contributed by atoms with Gasteiger partial charge in [-0.1, -0.05) is 6.07 Å². The number of rotatable bonds is 5. The Morgan fingerprint density at radius 1 is 1.10 bits per heavy atom. The van der Waals surface area contributed by atoms with E-state index in [0.29, 0.717) is 35.9 Å². The molecular weight excluding hydrogens is 400 g/mol. The van der Waals surface area contributed by atoms with Crippen LogP contribution in [0.1, 0.15) is 24.1 Å². The van der Waals surface area contributed by atoms with Gasteiger partial charge in [0.25, 0.3) is 0 Å². The molecule has 158 valence electrons. The molecule has 1 fully saturated rings. The van der Waals surface area contributed by atoms with E-state index in [1.165, 1.54) is 12.1 Å². The van der Waals surface area contributed by atoms with Gasteiger partial charge in [-0.15, -0.1) is 0 Å². The van der Waals surface area contributed by atoms with Crippen molar-refractivity contribution < 1.29 is 17.6 Å². The van der Waals surface area contributed by atoms with Gasteiger partial charge in [-0.25, -0.2) is 4.98 Å². The van der Waals surface area contributed by atoms with E-state index in [2.05, 4.69) is 25.3 Å². The Morgan fingerprint density at radius 2 is 1.90 bits per heavy atom. The second kappa shape index (κ2) is 8.37. The smallest absolute Gasteiger partial charge is 0.365 e. The zero-order valence-corrected chi connectivity index (χ0v) is 16.0. The molecular formula is C20H20F4N6. The van der Waals surface area contributed by atoms with Gasteiger partial charge in [0.15, 0.2) is 5.65 Å². The quantitative estimate of drug-likeness (QED) is 0.623. The molecule has 0 radical (unpaired) electrons. The maximum absolute atomic E-state index is 13.2. The fourth-order valence-electron chi connectivity index (χ4n) is 3.62. The molecule has 3 aromatic heterocycles. The van der Waals surface area contributed by atoms with Gasteiger partial charge in [0.2, 0.25) is 5.95 Å². The summed E-state index contributed by atoms with van der Waals surface area (Å²) in [6.07, 6.45) is -0.205. The number of hydrogen-bond acceptors (Lipinski definition) is 6. The van der Waals surface area contributed by atoms with Crippen molar-refractivity contribution in [3.63, 3.8) is 0 Å². The average molecular weight is 420 g/mol. The molecule has 1 unspecified atom stereocenters. The Morgan fingerprint density at radius 3 is 2.70 bits per heavy atom. The summed E-state index contributed by atoms with van der Waals surface area (Å²) in [5.41, 5.74) is -0.497. The summed E-state index contributed by atoms with van der Waals surface area (Å²) in [6.45, 7) is 0.662. The van der Waals surface area contributed by atoms with Crippen LogP contribution in [0.4, 0.5) is 29.3 Å². The van der Waals surface area contributed by atoms with Crippen molar-refractivity contribution >= 4 is 22.8 Å². The SMILES string of the molecule is FCC1CCCN(c2nc(NCc3cccnc3C(F)(F)F)c3cccnc3n2)C1. The van der Waals surface area contributed by atoms with Gasteiger partial charge in [-0.05, 0) is 31.0 Å². The third-order valence-corrected chi connectivity index (χ3v) is 5.09. The first kappa shape index (κ1) is 20.2. The molecule has 6 nitrogen and oxygen atoms in total. The van der Waals surface area contributed by atoms with Crippen molar-refractivity contribution in [2.45, 2.75) is 25.6 Å². The van der Waals surface area contributed by atoms with Gasteiger partial charge in [0.05, 0.1) is 12.1 Å². The van der Waals surface area contributed by atoms with Gasteiger partial charge in [0.1, 0.15) is 11.5 Å². The standard InChI is InChI=1S/C20H20F4N6/c21-10-13-4-3-9-30(12-13)19-28-17-15(6-2-8-26-17)18(29-19)27-11-14-5-1-7-25-16(14)20(22,23)24/h1-2,5-8,13H,3-4,9-12H2,(H,26,27,28,29). The Balaban J connectivity index is 1.66. The number of aromatic nitrogens is 4. The van der Waals surface area contributed by atoms with Crippen molar-refractivity contribution in [1.29, 1.82) is 0 Å². The van der Waals surface area contributed by atoms with E-state index in [-0.39, 0.29) is 18.0 Å². The highest BCUT2D eigenvalue weighted by Gasteiger charge is 2.35. The molecule has 1 atom stereocenters. The molecule has 0 spiro atoms. The summed E-state index contributed by atoms with van der Waals surface area (Å²) in [7, 11) is 0. The second-order valence-electron chi connectivity index (χ2n) is 7.22. The number of piperidine rings is 1. The van der Waals surface area contributed by atoms with Crippen LogP contribution in [0, 0.1) is 5.92 Å². The highest BCUT2D eigenvalue weighted by Crippen LogP contribution is 2.31. The van der Waals surface area contributed by atoms with E-state index in [1.54, 1.807) is 18.3 Å². The van der Waals surface area contributed by atoms with Crippen LogP contribution in [-0.4, -0.2) is 39.7 Å². The molecule has 0 amide bonds. The van der Waals surface area contributed by atoms with Crippen LogP contribution in [0.15, 0.2) is 36.7 Å². The highest BCUT2D eigenvalue weighted by atomic mass is 19.4. The van der Waals surface area contributed by atoms with Crippen molar-refractivity contribution in [3.05, 3.63) is 47.9 Å². The number of hydrogen-bond donors (Lipinski definition) is 1. The lowest BCUT2D eigenvalue weighted by atomic mass is 10.00. The summed E-state index contributed by atoms with van der Waals surface area (Å²) < 4.78 is 52.9. The van der Waals surface area contributed by atoms with Crippen molar-refractivity contribution in [3.8, 4) is 0 Å². The van der Waals surface area contributed by atoms with Crippen LogP contribution in [0.2, 0.25) is 0 Å². The molecule has 30 heavy (non-hydrogen) atoms. The van der Waals surface area contributed by atoms with Gasteiger partial charge in [-0.2, -0.15) is 23.1 Å². The molecule has 1 N–H and O–H groups in total. The minimum Gasteiger partial charge on any atom is -0.365 e. The van der Waals surface area contributed by atoms with Crippen LogP contribution in [0.3, 0.4) is 0 Å². The molecule has 0 aromatic carbocycles. The number of fused-ring (bicyclic) bond motifs is 1. The van der Waals surface area contributed by atoms with Crippen LogP contribution in [-0.2, 0) is 12.7 Å². The fourth-order valence-corrected chi connectivity index (χ4v) is 3.62. The lowest BCUT2D eigenvalue weighted by Crippen LogP contribution is -2.37. The summed E-state index contributed by atoms with van der Waals surface area (Å²) in [5.74, 6) is 0.689. The van der Waals surface area contributed by atoms with E-state index < -0.39 is 18.5 Å². The number of anilines is 2. The summed E-state index contributed by atoms with van der Waals surface area (Å²) in [6, 6.07) is 6.30. The van der Waals surface area contributed by atoms with Crippen LogP contribution in [0.25, 0.3) is 11.0 Å². The Kier molecular flexibility index (Phi) is 5.65. The van der Waals surface area contributed by atoms with Crippen LogP contribution < -0.4 is 10.2 Å². The predicted molar refractivity (Wildman–Crippen MR) is 105 cm³/mol. The first-order chi connectivity index (χ1) is 14.5. The molecule has 1 aliphatic rings. The third kappa shape index (κ3) is 4.27. The summed E-state index contributed by atoms with van der Waals surface area (Å²) in [4.78, 5) is 18.7. The molecule has 0 bridgehead atoms. The number of halogens is 4. The van der Waals surface area contributed by atoms with E-state index in [9.17, 15) is 17.6 Å². The van der Waals surface area contributed by atoms with Gasteiger partial charge < -0.3 is 10.2 Å². The third-order valence-electron chi connectivity index (χ3n) is 5.09. The summed E-state index contributed by atoms with van der Waals surface area (Å²) in [5, 5.41) is 3.58. The molecule has 1 aliphatic heterocycles. The molecule has 4 heterocycles. The minimum absolute atomic E-state index is 0.0117. The monoisotopic (exact) mass is 420 g/mol. The van der Waals surface area contributed by atoms with Gasteiger partial charge in [0, 0.05) is 43.5 Å². The Bertz CT molecular complexity index is 1030. The Hall–Kier alpha value is -3.04. The van der Waals surface area contributed by atoms with E-state index in [0.717, 1.165) is 19.0 Å². The second-order valence-corrected chi connectivity index (χ2v) is 7.22. The van der Waals surface area contributed by atoms with Crippen LogP contribution in [0.5, 0.6) is 0 Å². The largest absolute Gasteiger partial charge is 0.433 e. The topological polar surface area (TPSA) is 66.8 Å². The number of pyridine rings is 2. The highest BCUT2D eigenvalue weighted by molar-refractivity contribution is 5.87. The normalized spacial score (nSPS) is 17.3. The maximum atomic E-state index is 13.2. The fraction of sp³-hybridized carbons (Fsp3) is 0.400.